The molecule has 1 aliphatic rings. The Hall–Kier alpha value is -1.55. The van der Waals surface area contributed by atoms with Gasteiger partial charge in [0, 0.05) is 19.1 Å². The van der Waals surface area contributed by atoms with E-state index in [2.05, 4.69) is 29.0 Å². The van der Waals surface area contributed by atoms with Crippen molar-refractivity contribution in [2.45, 2.75) is 32.7 Å². The van der Waals surface area contributed by atoms with Crippen LogP contribution in [-0.4, -0.2) is 30.7 Å². The van der Waals surface area contributed by atoms with Crippen molar-refractivity contribution in [3.8, 4) is 0 Å². The summed E-state index contributed by atoms with van der Waals surface area (Å²) in [6.07, 6.45) is 2.52. The number of hydrogen-bond donors (Lipinski definition) is 1. The zero-order valence-electron chi connectivity index (χ0n) is 12.3. The van der Waals surface area contributed by atoms with Crippen molar-refractivity contribution in [1.29, 1.82) is 0 Å². The topological polar surface area (TPSA) is 41.3 Å². The zero-order chi connectivity index (χ0) is 13.9. The van der Waals surface area contributed by atoms with Crippen molar-refractivity contribution in [3.05, 3.63) is 24.3 Å². The molecule has 1 aromatic heterocycles. The standard InChI is InChI=1S/C16H23N3O/c1-12(2)10-19(11-13-6-5-9-17-13)16-18-14-7-3-4-8-15(14)20-16/h3-4,7-8,12-13,17H,5-6,9-11H2,1-2H3. The molecule has 2 heterocycles. The highest BCUT2D eigenvalue weighted by Crippen LogP contribution is 2.23. The lowest BCUT2D eigenvalue weighted by molar-refractivity contribution is 0.491. The van der Waals surface area contributed by atoms with Crippen LogP contribution in [0.2, 0.25) is 0 Å². The molecule has 1 atom stereocenters. The lowest BCUT2D eigenvalue weighted by atomic mass is 10.1. The molecule has 0 radical (unpaired) electrons. The Morgan fingerprint density at radius 3 is 2.95 bits per heavy atom. The molecular formula is C16H23N3O. The van der Waals surface area contributed by atoms with Crippen LogP contribution >= 0.6 is 0 Å². The summed E-state index contributed by atoms with van der Waals surface area (Å²) in [5, 5.41) is 3.55. The predicted octanol–water partition coefficient (Wildman–Crippen LogP) is 3.04. The van der Waals surface area contributed by atoms with Gasteiger partial charge >= 0.3 is 0 Å². The third kappa shape index (κ3) is 2.96. The van der Waals surface area contributed by atoms with Gasteiger partial charge in [-0.2, -0.15) is 4.98 Å². The van der Waals surface area contributed by atoms with Crippen molar-refractivity contribution in [3.63, 3.8) is 0 Å². The lowest BCUT2D eigenvalue weighted by Crippen LogP contribution is -2.39. The van der Waals surface area contributed by atoms with Crippen LogP contribution in [-0.2, 0) is 0 Å². The van der Waals surface area contributed by atoms with E-state index in [-0.39, 0.29) is 0 Å². The molecule has 4 nitrogen and oxygen atoms in total. The quantitative estimate of drug-likeness (QED) is 0.909. The second kappa shape index (κ2) is 5.83. The number of oxazole rings is 1. The van der Waals surface area contributed by atoms with Crippen LogP contribution in [0, 0.1) is 5.92 Å². The first-order valence-corrected chi connectivity index (χ1v) is 7.56. The minimum Gasteiger partial charge on any atom is -0.423 e. The maximum atomic E-state index is 5.93. The van der Waals surface area contributed by atoms with Gasteiger partial charge in [-0.05, 0) is 37.4 Å². The van der Waals surface area contributed by atoms with E-state index in [4.69, 9.17) is 4.42 Å². The van der Waals surface area contributed by atoms with E-state index >= 15 is 0 Å². The summed E-state index contributed by atoms with van der Waals surface area (Å²) in [6, 6.07) is 9.29. The van der Waals surface area contributed by atoms with Gasteiger partial charge in [0.2, 0.25) is 0 Å². The number of anilines is 1. The van der Waals surface area contributed by atoms with Crippen molar-refractivity contribution < 1.29 is 4.42 Å². The molecule has 20 heavy (non-hydrogen) atoms. The Bertz CT molecular complexity index is 525. The number of rotatable bonds is 5. The molecule has 4 heteroatoms. The van der Waals surface area contributed by atoms with Gasteiger partial charge in [-0.3, -0.25) is 0 Å². The molecule has 3 rings (SSSR count). The maximum Gasteiger partial charge on any atom is 0.298 e. The fourth-order valence-corrected chi connectivity index (χ4v) is 2.85. The number of para-hydroxylation sites is 2. The highest BCUT2D eigenvalue weighted by molar-refractivity contribution is 5.74. The molecule has 0 spiro atoms. The number of benzene rings is 1. The van der Waals surface area contributed by atoms with Gasteiger partial charge in [0.15, 0.2) is 5.58 Å². The first kappa shape index (κ1) is 13.4. The fraction of sp³-hybridized carbons (Fsp3) is 0.562. The fourth-order valence-electron chi connectivity index (χ4n) is 2.85. The van der Waals surface area contributed by atoms with Crippen LogP contribution in [0.3, 0.4) is 0 Å². The van der Waals surface area contributed by atoms with Crippen LogP contribution in [0.15, 0.2) is 28.7 Å². The van der Waals surface area contributed by atoms with Crippen molar-refractivity contribution in [2.75, 3.05) is 24.5 Å². The molecule has 108 valence electrons. The summed E-state index contributed by atoms with van der Waals surface area (Å²) < 4.78 is 5.93. The molecule has 1 aliphatic heterocycles. The SMILES string of the molecule is CC(C)CN(CC1CCCN1)c1nc2ccccc2o1. The van der Waals surface area contributed by atoms with E-state index in [9.17, 15) is 0 Å². The van der Waals surface area contributed by atoms with Gasteiger partial charge in [0.1, 0.15) is 5.52 Å². The summed E-state index contributed by atoms with van der Waals surface area (Å²) in [6.45, 7) is 7.55. The van der Waals surface area contributed by atoms with Gasteiger partial charge in [-0.15, -0.1) is 0 Å². The smallest absolute Gasteiger partial charge is 0.298 e. The summed E-state index contributed by atoms with van der Waals surface area (Å²) in [5.74, 6) is 0.589. The third-order valence-corrected chi connectivity index (χ3v) is 3.74. The van der Waals surface area contributed by atoms with E-state index in [1.807, 2.05) is 24.3 Å². The van der Waals surface area contributed by atoms with Crippen LogP contribution in [0.1, 0.15) is 26.7 Å². The molecular weight excluding hydrogens is 250 g/mol. The Balaban J connectivity index is 1.82. The van der Waals surface area contributed by atoms with Gasteiger partial charge in [-0.25, -0.2) is 0 Å². The first-order chi connectivity index (χ1) is 9.72. The lowest BCUT2D eigenvalue weighted by Gasteiger charge is -2.25. The van der Waals surface area contributed by atoms with E-state index < -0.39 is 0 Å². The number of hydrogen-bond acceptors (Lipinski definition) is 4. The molecule has 0 amide bonds. The summed E-state index contributed by atoms with van der Waals surface area (Å²) in [5.41, 5.74) is 1.81. The molecule has 0 saturated carbocycles. The second-order valence-electron chi connectivity index (χ2n) is 6.06. The minimum absolute atomic E-state index is 0.559. The van der Waals surface area contributed by atoms with E-state index in [1.165, 1.54) is 12.8 Å². The molecule has 1 aromatic carbocycles. The molecule has 1 unspecified atom stereocenters. The Kier molecular flexibility index (Phi) is 3.92. The Labute approximate surface area is 120 Å². The second-order valence-corrected chi connectivity index (χ2v) is 6.06. The first-order valence-electron chi connectivity index (χ1n) is 7.56. The summed E-state index contributed by atoms with van der Waals surface area (Å²) >= 11 is 0. The normalized spacial score (nSPS) is 19.1. The largest absolute Gasteiger partial charge is 0.423 e. The minimum atomic E-state index is 0.559. The molecule has 0 aliphatic carbocycles. The molecule has 0 bridgehead atoms. The van der Waals surface area contributed by atoms with Crippen molar-refractivity contribution in [2.24, 2.45) is 5.92 Å². The van der Waals surface area contributed by atoms with Crippen LogP contribution in [0.25, 0.3) is 11.1 Å². The van der Waals surface area contributed by atoms with Crippen molar-refractivity contribution in [1.82, 2.24) is 10.3 Å². The summed E-state index contributed by atoms with van der Waals surface area (Å²) in [4.78, 5) is 6.93. The third-order valence-electron chi connectivity index (χ3n) is 3.74. The number of nitrogens with one attached hydrogen (secondary N) is 1. The molecule has 1 fully saturated rings. The highest BCUT2D eigenvalue weighted by Gasteiger charge is 2.22. The number of fused-ring (bicyclic) bond motifs is 1. The Morgan fingerprint density at radius 2 is 2.25 bits per heavy atom. The van der Waals surface area contributed by atoms with Crippen molar-refractivity contribution >= 4 is 17.1 Å². The number of nitrogens with zero attached hydrogens (tertiary/aromatic N) is 2. The van der Waals surface area contributed by atoms with Gasteiger partial charge in [0.05, 0.1) is 0 Å². The van der Waals surface area contributed by atoms with Crippen LogP contribution in [0.4, 0.5) is 6.01 Å². The van der Waals surface area contributed by atoms with E-state index in [0.717, 1.165) is 36.7 Å². The average molecular weight is 273 g/mol. The average Bonchev–Trinajstić information content (AvgIpc) is 3.05. The van der Waals surface area contributed by atoms with Gasteiger partial charge in [-0.1, -0.05) is 26.0 Å². The van der Waals surface area contributed by atoms with Crippen LogP contribution < -0.4 is 10.2 Å². The van der Waals surface area contributed by atoms with E-state index in [0.29, 0.717) is 12.0 Å². The monoisotopic (exact) mass is 273 g/mol. The zero-order valence-corrected chi connectivity index (χ0v) is 12.3. The van der Waals surface area contributed by atoms with Gasteiger partial charge < -0.3 is 14.6 Å². The molecule has 1 N–H and O–H groups in total. The number of aromatic nitrogens is 1. The Morgan fingerprint density at radius 1 is 1.40 bits per heavy atom. The molecule has 1 saturated heterocycles. The maximum absolute atomic E-state index is 5.93. The van der Waals surface area contributed by atoms with Gasteiger partial charge in [0.25, 0.3) is 6.01 Å². The van der Waals surface area contributed by atoms with Crippen LogP contribution in [0.5, 0.6) is 0 Å². The highest BCUT2D eigenvalue weighted by atomic mass is 16.4. The van der Waals surface area contributed by atoms with E-state index in [1.54, 1.807) is 0 Å². The molecule has 2 aromatic rings. The predicted molar refractivity (Wildman–Crippen MR) is 82.1 cm³/mol. The summed E-state index contributed by atoms with van der Waals surface area (Å²) in [7, 11) is 0.